The van der Waals surface area contributed by atoms with Crippen molar-refractivity contribution in [2.75, 3.05) is 23.7 Å². The minimum absolute atomic E-state index is 1.04. The second-order valence-electron chi connectivity index (χ2n) is 3.68. The molecule has 3 heteroatoms. The van der Waals surface area contributed by atoms with Gasteiger partial charge in [-0.05, 0) is 12.1 Å². The van der Waals surface area contributed by atoms with Gasteiger partial charge in [-0.1, -0.05) is 37.1 Å². The van der Waals surface area contributed by atoms with Crippen LogP contribution in [0.4, 0.5) is 11.4 Å². The molecular weight excluding hydrogens is 204 g/mol. The summed E-state index contributed by atoms with van der Waals surface area (Å²) in [6.07, 6.45) is 0. The van der Waals surface area contributed by atoms with Gasteiger partial charge in [-0.15, -0.1) is 0 Å². The predicted octanol–water partition coefficient (Wildman–Crippen LogP) is 3.16. The third kappa shape index (κ3) is 1.75. The number of rotatable bonds is 2. The molecule has 0 amide bonds. The first kappa shape index (κ1) is 10.2. The van der Waals surface area contributed by atoms with Crippen LogP contribution in [0.5, 0.6) is 0 Å². The van der Waals surface area contributed by atoms with Crippen molar-refractivity contribution in [1.29, 1.82) is 0 Å². The molecule has 0 atom stereocenters. The maximum Gasteiger partial charge on any atom is 0.0518 e. The van der Waals surface area contributed by atoms with E-state index in [4.69, 9.17) is 0 Å². The van der Waals surface area contributed by atoms with E-state index in [-0.39, 0.29) is 0 Å². The fraction of sp³-hybridized carbons (Fsp3) is 0.167. The lowest BCUT2D eigenvalue weighted by atomic mass is 10.1. The Hall–Kier alpha value is -1.35. The van der Waals surface area contributed by atoms with Crippen molar-refractivity contribution in [1.82, 2.24) is 0 Å². The van der Waals surface area contributed by atoms with E-state index in [0.717, 1.165) is 5.69 Å². The van der Waals surface area contributed by atoms with Gasteiger partial charge < -0.3 is 9.62 Å². The fourth-order valence-corrected chi connectivity index (χ4v) is 1.97. The van der Waals surface area contributed by atoms with Gasteiger partial charge in [-0.25, -0.2) is 0 Å². The zero-order chi connectivity index (χ0) is 10.8. The van der Waals surface area contributed by atoms with Crippen LogP contribution >= 0.6 is 12.8 Å². The Morgan fingerprint density at radius 2 is 1.67 bits per heavy atom. The Bertz CT molecular complexity index is 480. The Labute approximate surface area is 95.4 Å². The van der Waals surface area contributed by atoms with Crippen LogP contribution < -0.4 is 9.62 Å². The van der Waals surface area contributed by atoms with Crippen molar-refractivity contribution in [3.63, 3.8) is 0 Å². The number of fused-ring (bicyclic) bond motifs is 1. The first-order valence-electron chi connectivity index (χ1n) is 4.83. The van der Waals surface area contributed by atoms with Gasteiger partial charge in [0.15, 0.2) is 0 Å². The van der Waals surface area contributed by atoms with Crippen molar-refractivity contribution in [3.05, 3.63) is 36.4 Å². The van der Waals surface area contributed by atoms with Gasteiger partial charge in [0.05, 0.1) is 5.69 Å². The van der Waals surface area contributed by atoms with Gasteiger partial charge >= 0.3 is 0 Å². The number of nitrogens with zero attached hydrogens (tertiary/aromatic N) is 1. The average Bonchev–Trinajstić information content (AvgIpc) is 2.27. The molecule has 0 spiro atoms. The average molecular weight is 218 g/mol. The van der Waals surface area contributed by atoms with Crippen molar-refractivity contribution in [2.24, 2.45) is 0 Å². The molecule has 0 bridgehead atoms. The highest BCUT2D eigenvalue weighted by Gasteiger charge is 2.05. The van der Waals surface area contributed by atoms with Crippen LogP contribution in [0.25, 0.3) is 10.8 Å². The summed E-state index contributed by atoms with van der Waals surface area (Å²) in [6.45, 7) is 0. The summed E-state index contributed by atoms with van der Waals surface area (Å²) in [4.78, 5) is 2.12. The largest absolute Gasteiger partial charge is 0.377 e. The number of hydrogen-bond donors (Lipinski definition) is 2. The molecule has 0 unspecified atom stereocenters. The van der Waals surface area contributed by atoms with E-state index in [1.54, 1.807) is 0 Å². The third-order valence-electron chi connectivity index (χ3n) is 2.50. The molecule has 78 valence electrons. The SMILES string of the molecule is CN(C)c1ccc(NS)c2ccccc12. The van der Waals surface area contributed by atoms with Gasteiger partial charge in [0.1, 0.15) is 0 Å². The maximum absolute atomic E-state index is 4.11. The van der Waals surface area contributed by atoms with E-state index in [1.165, 1.54) is 16.5 Å². The first-order valence-corrected chi connectivity index (χ1v) is 5.28. The minimum Gasteiger partial charge on any atom is -0.377 e. The van der Waals surface area contributed by atoms with Crippen LogP contribution in [-0.2, 0) is 0 Å². The van der Waals surface area contributed by atoms with E-state index >= 15 is 0 Å². The van der Waals surface area contributed by atoms with E-state index in [0.29, 0.717) is 0 Å². The van der Waals surface area contributed by atoms with Gasteiger partial charge in [-0.3, -0.25) is 0 Å². The highest BCUT2D eigenvalue weighted by Crippen LogP contribution is 2.31. The molecule has 0 saturated heterocycles. The van der Waals surface area contributed by atoms with E-state index < -0.39 is 0 Å². The van der Waals surface area contributed by atoms with Crippen molar-refractivity contribution in [2.45, 2.75) is 0 Å². The molecule has 2 aromatic carbocycles. The summed E-state index contributed by atoms with van der Waals surface area (Å²) in [7, 11) is 4.10. The van der Waals surface area contributed by atoms with Crippen molar-refractivity contribution in [3.8, 4) is 0 Å². The maximum atomic E-state index is 4.11. The van der Waals surface area contributed by atoms with Crippen LogP contribution in [0.3, 0.4) is 0 Å². The third-order valence-corrected chi connectivity index (χ3v) is 2.74. The lowest BCUT2D eigenvalue weighted by Crippen LogP contribution is -2.09. The molecule has 2 rings (SSSR count). The standard InChI is InChI=1S/C12H14N2S/c1-14(2)12-8-7-11(13-15)9-5-3-4-6-10(9)12/h3-8,13,15H,1-2H3. The zero-order valence-corrected chi connectivity index (χ0v) is 9.75. The van der Waals surface area contributed by atoms with Crippen LogP contribution in [-0.4, -0.2) is 14.1 Å². The lowest BCUT2D eigenvalue weighted by molar-refractivity contribution is 1.14. The fourth-order valence-electron chi connectivity index (χ4n) is 1.77. The number of thiol groups is 1. The molecule has 0 fully saturated rings. The van der Waals surface area contributed by atoms with Gasteiger partial charge in [-0.2, -0.15) is 0 Å². The Kier molecular flexibility index (Phi) is 2.73. The zero-order valence-electron chi connectivity index (χ0n) is 8.86. The first-order chi connectivity index (χ1) is 7.24. The molecule has 0 aliphatic heterocycles. The summed E-state index contributed by atoms with van der Waals surface area (Å²) < 4.78 is 2.91. The molecule has 0 radical (unpaired) electrons. The molecule has 0 aromatic heterocycles. The van der Waals surface area contributed by atoms with Gasteiger partial charge in [0.2, 0.25) is 0 Å². The summed E-state index contributed by atoms with van der Waals surface area (Å²) in [5, 5.41) is 2.43. The molecule has 15 heavy (non-hydrogen) atoms. The monoisotopic (exact) mass is 218 g/mol. The highest BCUT2D eigenvalue weighted by molar-refractivity contribution is 7.81. The quantitative estimate of drug-likeness (QED) is 0.753. The van der Waals surface area contributed by atoms with E-state index in [1.807, 2.05) is 12.1 Å². The van der Waals surface area contributed by atoms with Crippen molar-refractivity contribution < 1.29 is 0 Å². The molecule has 2 nitrogen and oxygen atoms in total. The molecule has 0 aliphatic rings. The topological polar surface area (TPSA) is 15.3 Å². The molecule has 0 saturated carbocycles. The van der Waals surface area contributed by atoms with Crippen molar-refractivity contribution >= 4 is 35.0 Å². The predicted molar refractivity (Wildman–Crippen MR) is 70.9 cm³/mol. The van der Waals surface area contributed by atoms with Gasteiger partial charge in [0.25, 0.3) is 0 Å². The smallest absolute Gasteiger partial charge is 0.0518 e. The second-order valence-corrected chi connectivity index (χ2v) is 3.91. The molecule has 0 heterocycles. The number of nitrogens with one attached hydrogen (secondary N) is 1. The van der Waals surface area contributed by atoms with Crippen LogP contribution in [0.2, 0.25) is 0 Å². The highest BCUT2D eigenvalue weighted by atomic mass is 32.1. The summed E-state index contributed by atoms with van der Waals surface area (Å²) in [6, 6.07) is 12.5. The van der Waals surface area contributed by atoms with E-state index in [9.17, 15) is 0 Å². The Morgan fingerprint density at radius 3 is 2.27 bits per heavy atom. The van der Waals surface area contributed by atoms with E-state index in [2.05, 4.69) is 60.8 Å². The number of hydrogen-bond acceptors (Lipinski definition) is 3. The molecule has 1 N–H and O–H groups in total. The number of anilines is 2. The normalized spacial score (nSPS) is 10.3. The summed E-state index contributed by atoms with van der Waals surface area (Å²) >= 11 is 4.11. The minimum atomic E-state index is 1.04. The lowest BCUT2D eigenvalue weighted by Gasteiger charge is -2.17. The van der Waals surface area contributed by atoms with Crippen LogP contribution in [0.15, 0.2) is 36.4 Å². The molecule has 2 aromatic rings. The van der Waals surface area contributed by atoms with Crippen LogP contribution in [0, 0.1) is 0 Å². The summed E-state index contributed by atoms with van der Waals surface area (Å²) in [5.74, 6) is 0. The van der Waals surface area contributed by atoms with Gasteiger partial charge in [0, 0.05) is 30.6 Å². The summed E-state index contributed by atoms with van der Waals surface area (Å²) in [5.41, 5.74) is 2.26. The Balaban J connectivity index is 2.77. The molecule has 0 aliphatic carbocycles. The van der Waals surface area contributed by atoms with Crippen LogP contribution in [0.1, 0.15) is 0 Å². The molecular formula is C12H14N2S. The number of benzene rings is 2. The Morgan fingerprint density at radius 1 is 1.00 bits per heavy atom. The second kappa shape index (κ2) is 4.03.